The van der Waals surface area contributed by atoms with Gasteiger partial charge in [-0.1, -0.05) is 12.1 Å². The van der Waals surface area contributed by atoms with Gasteiger partial charge in [-0.2, -0.15) is 13.2 Å². The molecule has 1 aromatic heterocycles. The zero-order valence-electron chi connectivity index (χ0n) is 13.2. The molecule has 24 heavy (non-hydrogen) atoms. The minimum atomic E-state index is -4.30. The highest BCUT2D eigenvalue weighted by Crippen LogP contribution is 2.29. The van der Waals surface area contributed by atoms with Gasteiger partial charge in [-0.05, 0) is 30.5 Å². The van der Waals surface area contributed by atoms with Gasteiger partial charge in [0.2, 0.25) is 0 Å². The van der Waals surface area contributed by atoms with Crippen molar-refractivity contribution < 1.29 is 17.9 Å². The van der Waals surface area contributed by atoms with Crippen molar-refractivity contribution in [2.45, 2.75) is 38.2 Å². The van der Waals surface area contributed by atoms with E-state index in [0.717, 1.165) is 49.5 Å². The highest BCUT2D eigenvalue weighted by Gasteiger charge is 2.29. The summed E-state index contributed by atoms with van der Waals surface area (Å²) in [4.78, 5) is 4.31. The van der Waals surface area contributed by atoms with Crippen LogP contribution >= 0.6 is 0 Å². The third-order valence-corrected chi connectivity index (χ3v) is 4.11. The topological polar surface area (TPSA) is 39.1 Å². The first-order valence-electron chi connectivity index (χ1n) is 8.01. The third kappa shape index (κ3) is 4.36. The van der Waals surface area contributed by atoms with E-state index in [1.54, 1.807) is 6.20 Å². The van der Waals surface area contributed by atoms with Gasteiger partial charge in [0.1, 0.15) is 5.82 Å². The zero-order valence-corrected chi connectivity index (χ0v) is 13.2. The molecule has 0 saturated carbocycles. The number of nitrogens with zero attached hydrogens (tertiary/aromatic N) is 2. The van der Waals surface area contributed by atoms with Crippen LogP contribution in [0.3, 0.4) is 0 Å². The monoisotopic (exact) mass is 339 g/mol. The Morgan fingerprint density at radius 1 is 1.25 bits per heavy atom. The Hall–Kier alpha value is -1.86. The summed E-state index contributed by atoms with van der Waals surface area (Å²) in [6.07, 6.45) is 1.68. The van der Waals surface area contributed by atoms with Crippen LogP contribution in [-0.2, 0) is 24.0 Å². The molecule has 1 fully saturated rings. The molecule has 0 aliphatic carbocycles. The van der Waals surface area contributed by atoms with E-state index in [4.69, 9.17) is 4.74 Å². The van der Waals surface area contributed by atoms with Gasteiger partial charge in [0, 0.05) is 32.1 Å². The van der Waals surface area contributed by atoms with Crippen LogP contribution in [0.25, 0.3) is 0 Å². The third-order valence-electron chi connectivity index (χ3n) is 4.11. The number of halogens is 3. The molecule has 0 radical (unpaired) electrons. The van der Waals surface area contributed by atoms with Crippen LogP contribution in [0.15, 0.2) is 36.7 Å². The van der Waals surface area contributed by atoms with E-state index in [1.807, 2.05) is 10.8 Å². The second kappa shape index (κ2) is 7.36. The molecule has 7 heteroatoms. The van der Waals surface area contributed by atoms with Crippen molar-refractivity contribution in [2.24, 2.45) is 0 Å². The summed E-state index contributed by atoms with van der Waals surface area (Å²) in [6, 6.07) is 5.24. The van der Waals surface area contributed by atoms with Crippen LogP contribution < -0.4 is 5.32 Å². The van der Waals surface area contributed by atoms with Crippen molar-refractivity contribution in [1.82, 2.24) is 14.9 Å². The van der Waals surface area contributed by atoms with Crippen molar-refractivity contribution in [2.75, 3.05) is 13.2 Å². The number of ether oxygens (including phenoxy) is 1. The van der Waals surface area contributed by atoms with Crippen LogP contribution in [0.1, 0.15) is 29.8 Å². The lowest BCUT2D eigenvalue weighted by Gasteiger charge is -2.12. The molecule has 1 aliphatic heterocycles. The number of hydrogen-bond donors (Lipinski definition) is 1. The van der Waals surface area contributed by atoms with Gasteiger partial charge in [0.15, 0.2) is 0 Å². The molecule has 1 aromatic carbocycles. The number of nitrogens with one attached hydrogen (secondary N) is 1. The van der Waals surface area contributed by atoms with E-state index in [1.165, 1.54) is 12.1 Å². The van der Waals surface area contributed by atoms with Gasteiger partial charge < -0.3 is 14.6 Å². The average molecular weight is 339 g/mol. The van der Waals surface area contributed by atoms with Crippen molar-refractivity contribution >= 4 is 0 Å². The molecule has 1 atom stereocenters. The predicted molar refractivity (Wildman–Crippen MR) is 83.5 cm³/mol. The molecule has 0 spiro atoms. The van der Waals surface area contributed by atoms with Crippen molar-refractivity contribution in [3.8, 4) is 0 Å². The predicted octanol–water partition coefficient (Wildman–Crippen LogP) is 3.22. The van der Waals surface area contributed by atoms with E-state index in [2.05, 4.69) is 10.3 Å². The van der Waals surface area contributed by atoms with E-state index >= 15 is 0 Å². The normalized spacial score (nSPS) is 18.2. The summed E-state index contributed by atoms with van der Waals surface area (Å²) in [5.74, 6) is 0.855. The second-order valence-corrected chi connectivity index (χ2v) is 5.93. The number of hydrogen-bond acceptors (Lipinski definition) is 3. The molecule has 1 saturated heterocycles. The number of rotatable bonds is 6. The van der Waals surface area contributed by atoms with Crippen LogP contribution in [0.4, 0.5) is 13.2 Å². The van der Waals surface area contributed by atoms with Crippen LogP contribution in [0.2, 0.25) is 0 Å². The summed E-state index contributed by atoms with van der Waals surface area (Å²) < 4.78 is 45.3. The quantitative estimate of drug-likeness (QED) is 0.878. The molecule has 3 rings (SSSR count). The lowest BCUT2D eigenvalue weighted by atomic mass is 10.1. The van der Waals surface area contributed by atoms with Crippen LogP contribution in [-0.4, -0.2) is 28.8 Å². The van der Waals surface area contributed by atoms with Crippen LogP contribution in [0, 0.1) is 0 Å². The molecular weight excluding hydrogens is 319 g/mol. The summed E-state index contributed by atoms with van der Waals surface area (Å²) in [5, 5.41) is 3.33. The number of imidazole rings is 1. The maximum atomic E-state index is 12.6. The first-order chi connectivity index (χ1) is 11.5. The summed E-state index contributed by atoms with van der Waals surface area (Å²) in [7, 11) is 0. The standard InChI is InChI=1S/C17H20F3N3O/c18-17(19,20)14-5-3-13(4-6-14)12-23-8-7-22-16(23)11-21-10-15-2-1-9-24-15/h3-8,15,21H,1-2,9-12H2/t15-/m0/s1. The number of alkyl halides is 3. The fourth-order valence-corrected chi connectivity index (χ4v) is 2.80. The zero-order chi connectivity index (χ0) is 17.0. The SMILES string of the molecule is FC(F)(F)c1ccc(Cn2ccnc2CNC[C@@H]2CCCO2)cc1. The molecule has 2 heterocycles. The Labute approximate surface area is 138 Å². The molecule has 1 N–H and O–H groups in total. The Bertz CT molecular complexity index is 646. The average Bonchev–Trinajstić information content (AvgIpc) is 3.20. The fraction of sp³-hybridized carbons (Fsp3) is 0.471. The lowest BCUT2D eigenvalue weighted by Crippen LogP contribution is -2.27. The molecular formula is C17H20F3N3O. The molecule has 130 valence electrons. The minimum absolute atomic E-state index is 0.267. The molecule has 0 amide bonds. The van der Waals surface area contributed by atoms with Gasteiger partial charge in [-0.3, -0.25) is 0 Å². The Balaban J connectivity index is 1.56. The molecule has 4 nitrogen and oxygen atoms in total. The van der Waals surface area contributed by atoms with Gasteiger partial charge in [0.25, 0.3) is 0 Å². The second-order valence-electron chi connectivity index (χ2n) is 5.93. The highest BCUT2D eigenvalue weighted by atomic mass is 19.4. The maximum Gasteiger partial charge on any atom is 0.416 e. The Morgan fingerprint density at radius 3 is 2.71 bits per heavy atom. The summed E-state index contributed by atoms with van der Waals surface area (Å²) in [6.45, 7) is 2.71. The van der Waals surface area contributed by atoms with Gasteiger partial charge in [-0.25, -0.2) is 4.98 Å². The van der Waals surface area contributed by atoms with Crippen molar-refractivity contribution in [1.29, 1.82) is 0 Å². The van der Waals surface area contributed by atoms with E-state index in [9.17, 15) is 13.2 Å². The summed E-state index contributed by atoms with van der Waals surface area (Å²) >= 11 is 0. The smallest absolute Gasteiger partial charge is 0.377 e. The largest absolute Gasteiger partial charge is 0.416 e. The number of aromatic nitrogens is 2. The minimum Gasteiger partial charge on any atom is -0.377 e. The highest BCUT2D eigenvalue weighted by molar-refractivity contribution is 5.25. The molecule has 0 unspecified atom stereocenters. The van der Waals surface area contributed by atoms with E-state index < -0.39 is 11.7 Å². The van der Waals surface area contributed by atoms with Gasteiger partial charge >= 0.3 is 6.18 Å². The van der Waals surface area contributed by atoms with E-state index in [0.29, 0.717) is 13.1 Å². The first kappa shape index (κ1) is 17.0. The molecule has 1 aliphatic rings. The fourth-order valence-electron chi connectivity index (χ4n) is 2.80. The molecule has 2 aromatic rings. The number of benzene rings is 1. The lowest BCUT2D eigenvalue weighted by molar-refractivity contribution is -0.137. The van der Waals surface area contributed by atoms with Crippen molar-refractivity contribution in [3.05, 3.63) is 53.6 Å². The Morgan fingerprint density at radius 2 is 2.04 bits per heavy atom. The van der Waals surface area contributed by atoms with Crippen molar-refractivity contribution in [3.63, 3.8) is 0 Å². The van der Waals surface area contributed by atoms with E-state index in [-0.39, 0.29) is 6.10 Å². The summed E-state index contributed by atoms with van der Waals surface area (Å²) in [5.41, 5.74) is 0.178. The Kier molecular flexibility index (Phi) is 5.20. The van der Waals surface area contributed by atoms with Gasteiger partial charge in [-0.15, -0.1) is 0 Å². The van der Waals surface area contributed by atoms with Crippen LogP contribution in [0.5, 0.6) is 0 Å². The maximum absolute atomic E-state index is 12.6. The van der Waals surface area contributed by atoms with Gasteiger partial charge in [0.05, 0.1) is 18.2 Å². The molecule has 0 bridgehead atoms. The first-order valence-corrected chi connectivity index (χ1v) is 8.01.